The van der Waals surface area contributed by atoms with Crippen LogP contribution in [0.25, 0.3) is 11.1 Å². The predicted octanol–water partition coefficient (Wildman–Crippen LogP) is 7.05. The fourth-order valence-electron chi connectivity index (χ4n) is 2.64. The second-order valence-electron chi connectivity index (χ2n) is 6.88. The molecule has 24 heavy (non-hydrogen) atoms. The molecule has 0 saturated carbocycles. The van der Waals surface area contributed by atoms with E-state index in [1.165, 1.54) is 6.07 Å². The second-order valence-corrected chi connectivity index (χ2v) is 6.88. The lowest BCUT2D eigenvalue weighted by atomic mass is 9.74. The minimum absolute atomic E-state index is 0.140. The van der Waals surface area contributed by atoms with Crippen LogP contribution in [0.4, 0.5) is 17.6 Å². The Morgan fingerprint density at radius 2 is 1.46 bits per heavy atom. The number of rotatable bonds is 4. The molecule has 2 aromatic rings. The molecule has 0 amide bonds. The van der Waals surface area contributed by atoms with Gasteiger partial charge in [-0.15, -0.1) is 0 Å². The summed E-state index contributed by atoms with van der Waals surface area (Å²) in [6.07, 6.45) is -3.66. The van der Waals surface area contributed by atoms with Gasteiger partial charge in [-0.3, -0.25) is 0 Å². The van der Waals surface area contributed by atoms with Gasteiger partial charge in [0.05, 0.1) is 5.56 Å². The molecule has 2 rings (SSSR count). The van der Waals surface area contributed by atoms with E-state index >= 15 is 0 Å². The van der Waals surface area contributed by atoms with E-state index in [1.54, 1.807) is 12.1 Å². The Hall–Kier alpha value is -1.84. The molecular weight excluding hydrogens is 316 g/mol. The molecule has 130 valence electrons. The van der Waals surface area contributed by atoms with Gasteiger partial charge in [0, 0.05) is 0 Å². The topological polar surface area (TPSA) is 0 Å². The summed E-state index contributed by atoms with van der Waals surface area (Å²) in [5.41, 5.74) is 1.05. The average molecular weight is 338 g/mol. The zero-order valence-electron chi connectivity index (χ0n) is 14.3. The van der Waals surface area contributed by atoms with Crippen molar-refractivity contribution < 1.29 is 17.6 Å². The van der Waals surface area contributed by atoms with Crippen LogP contribution in [0.2, 0.25) is 0 Å². The molecule has 0 spiro atoms. The molecule has 1 atom stereocenters. The SMILES string of the molecule is CCC(C)(C)[C@@H](C)c1ccc(-c2ccc(F)c(C(F)(F)F)c2)cc1. The first-order chi connectivity index (χ1) is 11.1. The normalized spacial score (nSPS) is 13.8. The summed E-state index contributed by atoms with van der Waals surface area (Å²) in [5.74, 6) is -0.920. The van der Waals surface area contributed by atoms with Crippen LogP contribution >= 0.6 is 0 Å². The third-order valence-electron chi connectivity index (χ3n) is 5.10. The van der Waals surface area contributed by atoms with Gasteiger partial charge in [0.1, 0.15) is 5.82 Å². The molecular formula is C20H22F4. The number of hydrogen-bond acceptors (Lipinski definition) is 0. The first kappa shape index (κ1) is 18.5. The average Bonchev–Trinajstić information content (AvgIpc) is 2.53. The van der Waals surface area contributed by atoms with E-state index in [9.17, 15) is 17.6 Å². The maximum Gasteiger partial charge on any atom is 0.419 e. The van der Waals surface area contributed by atoms with Crippen molar-refractivity contribution >= 4 is 0 Å². The smallest absolute Gasteiger partial charge is 0.206 e. The summed E-state index contributed by atoms with van der Waals surface area (Å²) in [5, 5.41) is 0. The van der Waals surface area contributed by atoms with Crippen molar-refractivity contribution in [2.75, 3.05) is 0 Å². The fourth-order valence-corrected chi connectivity index (χ4v) is 2.64. The largest absolute Gasteiger partial charge is 0.419 e. The van der Waals surface area contributed by atoms with Gasteiger partial charge in [-0.05, 0) is 40.2 Å². The number of benzene rings is 2. The predicted molar refractivity (Wildman–Crippen MR) is 89.3 cm³/mol. The lowest BCUT2D eigenvalue weighted by Crippen LogP contribution is -2.18. The van der Waals surface area contributed by atoms with Crippen molar-refractivity contribution in [1.29, 1.82) is 0 Å². The summed E-state index contributed by atoms with van der Waals surface area (Å²) in [4.78, 5) is 0. The molecule has 0 aliphatic heterocycles. The van der Waals surface area contributed by atoms with Crippen LogP contribution in [0, 0.1) is 11.2 Å². The molecule has 0 unspecified atom stereocenters. The van der Waals surface area contributed by atoms with Crippen molar-refractivity contribution in [3.05, 3.63) is 59.4 Å². The van der Waals surface area contributed by atoms with Crippen LogP contribution in [0.15, 0.2) is 42.5 Å². The highest BCUT2D eigenvalue weighted by molar-refractivity contribution is 5.65. The minimum Gasteiger partial charge on any atom is -0.206 e. The molecule has 0 bridgehead atoms. The van der Waals surface area contributed by atoms with Gasteiger partial charge in [-0.25, -0.2) is 4.39 Å². The maximum absolute atomic E-state index is 13.4. The van der Waals surface area contributed by atoms with Crippen molar-refractivity contribution in [3.8, 4) is 11.1 Å². The quantitative estimate of drug-likeness (QED) is 0.524. The van der Waals surface area contributed by atoms with E-state index in [2.05, 4.69) is 27.7 Å². The summed E-state index contributed by atoms with van der Waals surface area (Å²) in [6, 6.07) is 10.6. The number of halogens is 4. The third-order valence-corrected chi connectivity index (χ3v) is 5.10. The fraction of sp³-hybridized carbons (Fsp3) is 0.400. The van der Waals surface area contributed by atoms with Crippen molar-refractivity contribution in [3.63, 3.8) is 0 Å². The van der Waals surface area contributed by atoms with E-state index < -0.39 is 17.6 Å². The van der Waals surface area contributed by atoms with E-state index in [0.29, 0.717) is 17.0 Å². The molecule has 0 saturated heterocycles. The van der Waals surface area contributed by atoms with Crippen molar-refractivity contribution in [1.82, 2.24) is 0 Å². The van der Waals surface area contributed by atoms with Gasteiger partial charge in [0.2, 0.25) is 0 Å². The molecule has 0 N–H and O–H groups in total. The van der Waals surface area contributed by atoms with Gasteiger partial charge in [-0.1, -0.05) is 64.4 Å². The van der Waals surface area contributed by atoms with Crippen LogP contribution < -0.4 is 0 Å². The molecule has 0 aromatic heterocycles. The number of alkyl halides is 3. The molecule has 0 aliphatic carbocycles. The summed E-state index contributed by atoms with van der Waals surface area (Å²) in [7, 11) is 0. The van der Waals surface area contributed by atoms with E-state index in [0.717, 1.165) is 24.1 Å². The summed E-state index contributed by atoms with van der Waals surface area (Å²) < 4.78 is 51.9. The van der Waals surface area contributed by atoms with E-state index in [-0.39, 0.29) is 5.41 Å². The third kappa shape index (κ3) is 3.80. The highest BCUT2D eigenvalue weighted by atomic mass is 19.4. The second kappa shape index (κ2) is 6.58. The highest BCUT2D eigenvalue weighted by Crippen LogP contribution is 2.39. The molecule has 0 nitrogen and oxygen atoms in total. The molecule has 0 aliphatic rings. The Bertz CT molecular complexity index is 697. The van der Waals surface area contributed by atoms with Gasteiger partial charge >= 0.3 is 6.18 Å². The monoisotopic (exact) mass is 338 g/mol. The Morgan fingerprint density at radius 3 is 1.96 bits per heavy atom. The minimum atomic E-state index is -4.69. The van der Waals surface area contributed by atoms with Crippen molar-refractivity contribution in [2.45, 2.75) is 46.2 Å². The Balaban J connectivity index is 2.35. The standard InChI is InChI=1S/C20H22F4/c1-5-19(3,4)13(2)14-6-8-15(9-7-14)16-10-11-18(21)17(12-16)20(22,23)24/h6-13H,5H2,1-4H3/t13-/m0/s1. The van der Waals surface area contributed by atoms with Crippen molar-refractivity contribution in [2.24, 2.45) is 5.41 Å². The molecule has 4 heteroatoms. The van der Waals surface area contributed by atoms with Crippen LogP contribution in [-0.2, 0) is 6.18 Å². The lowest BCUT2D eigenvalue weighted by molar-refractivity contribution is -0.139. The van der Waals surface area contributed by atoms with Gasteiger partial charge in [0.25, 0.3) is 0 Å². The number of hydrogen-bond donors (Lipinski definition) is 0. The Morgan fingerprint density at radius 1 is 0.917 bits per heavy atom. The van der Waals surface area contributed by atoms with Crippen LogP contribution in [-0.4, -0.2) is 0 Å². The maximum atomic E-state index is 13.4. The van der Waals surface area contributed by atoms with Gasteiger partial charge in [0.15, 0.2) is 0 Å². The zero-order valence-corrected chi connectivity index (χ0v) is 14.3. The van der Waals surface area contributed by atoms with Crippen LogP contribution in [0.3, 0.4) is 0 Å². The first-order valence-electron chi connectivity index (χ1n) is 8.03. The Kier molecular flexibility index (Phi) is 5.07. The summed E-state index contributed by atoms with van der Waals surface area (Å²) in [6.45, 7) is 8.68. The first-order valence-corrected chi connectivity index (χ1v) is 8.03. The van der Waals surface area contributed by atoms with Crippen LogP contribution in [0.1, 0.15) is 51.2 Å². The van der Waals surface area contributed by atoms with Gasteiger partial charge in [-0.2, -0.15) is 13.2 Å². The Labute approximate surface area is 140 Å². The van der Waals surface area contributed by atoms with E-state index in [4.69, 9.17) is 0 Å². The molecule has 0 heterocycles. The summed E-state index contributed by atoms with van der Waals surface area (Å²) >= 11 is 0. The van der Waals surface area contributed by atoms with E-state index in [1.807, 2.05) is 12.1 Å². The molecule has 2 aromatic carbocycles. The van der Waals surface area contributed by atoms with Gasteiger partial charge < -0.3 is 0 Å². The lowest BCUT2D eigenvalue weighted by Gasteiger charge is -2.31. The molecule has 0 fully saturated rings. The highest BCUT2D eigenvalue weighted by Gasteiger charge is 2.34. The zero-order chi connectivity index (χ0) is 18.1. The molecule has 0 radical (unpaired) electrons. The van der Waals surface area contributed by atoms with Crippen LogP contribution in [0.5, 0.6) is 0 Å².